The average molecular weight is 418 g/mol. The molecule has 1 fully saturated rings. The topological polar surface area (TPSA) is 62.6 Å². The Labute approximate surface area is 179 Å². The molecule has 1 aliphatic heterocycles. The Kier molecular flexibility index (Phi) is 5.06. The van der Waals surface area contributed by atoms with Gasteiger partial charge in [0.2, 0.25) is 5.91 Å². The Hall–Kier alpha value is -3.41. The Balaban J connectivity index is 1.33. The van der Waals surface area contributed by atoms with Crippen LogP contribution in [0.1, 0.15) is 40.9 Å². The van der Waals surface area contributed by atoms with Crippen molar-refractivity contribution in [3.63, 3.8) is 0 Å². The van der Waals surface area contributed by atoms with E-state index in [-0.39, 0.29) is 17.4 Å². The molecule has 31 heavy (non-hydrogen) atoms. The second-order valence-electron chi connectivity index (χ2n) is 8.21. The van der Waals surface area contributed by atoms with Crippen LogP contribution in [0.15, 0.2) is 59.0 Å². The standard InChI is InChI=1S/C25H23FN2O3/c26-21-10-2-1-9-20(21)24(29)27-19-8-4-7-17(13-19)23-14-18-15-28(12-11-22(18)31-23)25(30)16-5-3-6-16/h1-2,4,7-10,13-14,16H,3,5-6,11-12,15H2,(H,27,29). The smallest absolute Gasteiger partial charge is 0.258 e. The average Bonchev–Trinajstić information content (AvgIpc) is 3.16. The van der Waals surface area contributed by atoms with E-state index in [1.165, 1.54) is 12.1 Å². The number of fused-ring (bicyclic) bond motifs is 1. The van der Waals surface area contributed by atoms with Crippen molar-refractivity contribution in [3.8, 4) is 11.3 Å². The first-order chi connectivity index (χ1) is 15.1. The van der Waals surface area contributed by atoms with Crippen molar-refractivity contribution in [2.75, 3.05) is 11.9 Å². The fourth-order valence-corrected chi connectivity index (χ4v) is 4.17. The number of anilines is 1. The fraction of sp³-hybridized carbons (Fsp3) is 0.280. The number of benzene rings is 2. The highest BCUT2D eigenvalue weighted by atomic mass is 19.1. The van der Waals surface area contributed by atoms with Gasteiger partial charge in [-0.2, -0.15) is 0 Å². The highest BCUT2D eigenvalue weighted by Crippen LogP contribution is 2.33. The molecule has 0 unspecified atom stereocenters. The van der Waals surface area contributed by atoms with Gasteiger partial charge in [-0.1, -0.05) is 30.7 Å². The number of halogens is 1. The lowest BCUT2D eigenvalue weighted by molar-refractivity contribution is -0.139. The summed E-state index contributed by atoms with van der Waals surface area (Å²) in [7, 11) is 0. The number of amides is 2. The van der Waals surface area contributed by atoms with Crippen molar-refractivity contribution in [1.82, 2.24) is 4.90 Å². The third kappa shape index (κ3) is 3.85. The lowest BCUT2D eigenvalue weighted by Crippen LogP contribution is -2.41. The van der Waals surface area contributed by atoms with Gasteiger partial charge in [0.1, 0.15) is 17.3 Å². The molecule has 1 saturated carbocycles. The molecule has 0 radical (unpaired) electrons. The molecule has 2 amide bonds. The summed E-state index contributed by atoms with van der Waals surface area (Å²) in [5.74, 6) is 1.01. The SMILES string of the molecule is O=C(Nc1cccc(-c2cc3c(o2)CCN(C(=O)C2CCC2)C3)c1)c1ccccc1F. The summed E-state index contributed by atoms with van der Waals surface area (Å²) in [4.78, 5) is 26.9. The van der Waals surface area contributed by atoms with Crippen molar-refractivity contribution in [1.29, 1.82) is 0 Å². The molecule has 2 aromatic carbocycles. The molecule has 158 valence electrons. The van der Waals surface area contributed by atoms with Gasteiger partial charge >= 0.3 is 0 Å². The van der Waals surface area contributed by atoms with E-state index >= 15 is 0 Å². The van der Waals surface area contributed by atoms with E-state index in [9.17, 15) is 14.0 Å². The van der Waals surface area contributed by atoms with Gasteiger partial charge in [-0.15, -0.1) is 0 Å². The Morgan fingerprint density at radius 1 is 1.06 bits per heavy atom. The Morgan fingerprint density at radius 3 is 2.68 bits per heavy atom. The van der Waals surface area contributed by atoms with Gasteiger partial charge in [0.15, 0.2) is 0 Å². The summed E-state index contributed by atoms with van der Waals surface area (Å²) in [5, 5.41) is 2.74. The lowest BCUT2D eigenvalue weighted by Gasteiger charge is -2.33. The minimum Gasteiger partial charge on any atom is -0.461 e. The van der Waals surface area contributed by atoms with Gasteiger partial charge in [-0.3, -0.25) is 9.59 Å². The highest BCUT2D eigenvalue weighted by Gasteiger charge is 2.32. The zero-order valence-electron chi connectivity index (χ0n) is 17.1. The first kappa shape index (κ1) is 19.5. The van der Waals surface area contributed by atoms with Crippen molar-refractivity contribution in [2.24, 2.45) is 5.92 Å². The summed E-state index contributed by atoms with van der Waals surface area (Å²) < 4.78 is 20.0. The molecule has 2 heterocycles. The number of carbonyl (C=O) groups is 2. The molecule has 0 spiro atoms. The van der Waals surface area contributed by atoms with Gasteiger partial charge in [0.25, 0.3) is 5.91 Å². The number of hydrogen-bond acceptors (Lipinski definition) is 3. The molecule has 1 N–H and O–H groups in total. The van der Waals surface area contributed by atoms with E-state index < -0.39 is 11.7 Å². The molecule has 0 atom stereocenters. The minimum absolute atomic E-state index is 0.00223. The summed E-state index contributed by atoms with van der Waals surface area (Å²) in [5.41, 5.74) is 2.41. The first-order valence-corrected chi connectivity index (χ1v) is 10.6. The van der Waals surface area contributed by atoms with Crippen LogP contribution in [-0.2, 0) is 17.8 Å². The van der Waals surface area contributed by atoms with Crippen LogP contribution in [0.2, 0.25) is 0 Å². The van der Waals surface area contributed by atoms with E-state index in [0.29, 0.717) is 31.0 Å². The summed E-state index contributed by atoms with van der Waals surface area (Å²) in [6.45, 7) is 1.27. The van der Waals surface area contributed by atoms with Crippen LogP contribution < -0.4 is 5.32 Å². The second-order valence-corrected chi connectivity index (χ2v) is 8.21. The van der Waals surface area contributed by atoms with Crippen LogP contribution in [0.25, 0.3) is 11.3 Å². The maximum Gasteiger partial charge on any atom is 0.258 e. The zero-order chi connectivity index (χ0) is 21.4. The van der Waals surface area contributed by atoms with Crippen LogP contribution in [0.3, 0.4) is 0 Å². The predicted molar refractivity (Wildman–Crippen MR) is 115 cm³/mol. The van der Waals surface area contributed by atoms with E-state index in [4.69, 9.17) is 4.42 Å². The first-order valence-electron chi connectivity index (χ1n) is 10.6. The number of furan rings is 1. The highest BCUT2D eigenvalue weighted by molar-refractivity contribution is 6.04. The molecular weight excluding hydrogens is 395 g/mol. The van der Waals surface area contributed by atoms with Gasteiger partial charge < -0.3 is 14.6 Å². The predicted octanol–water partition coefficient (Wildman–Crippen LogP) is 5.02. The van der Waals surface area contributed by atoms with Crippen molar-refractivity contribution in [3.05, 3.63) is 77.3 Å². The quantitative estimate of drug-likeness (QED) is 0.647. The number of rotatable bonds is 4. The van der Waals surface area contributed by atoms with Crippen LogP contribution >= 0.6 is 0 Å². The molecule has 1 aromatic heterocycles. The number of nitrogens with one attached hydrogen (secondary N) is 1. The molecular formula is C25H23FN2O3. The summed E-state index contributed by atoms with van der Waals surface area (Å²) >= 11 is 0. The lowest BCUT2D eigenvalue weighted by atomic mass is 9.84. The van der Waals surface area contributed by atoms with E-state index in [0.717, 1.165) is 36.1 Å². The number of nitrogens with zero attached hydrogens (tertiary/aromatic N) is 1. The van der Waals surface area contributed by atoms with Crippen LogP contribution in [0.4, 0.5) is 10.1 Å². The molecule has 3 aromatic rings. The van der Waals surface area contributed by atoms with Crippen LogP contribution in [0.5, 0.6) is 0 Å². The molecule has 6 heteroatoms. The number of carbonyl (C=O) groups excluding carboxylic acids is 2. The van der Waals surface area contributed by atoms with Crippen LogP contribution in [-0.4, -0.2) is 23.3 Å². The largest absolute Gasteiger partial charge is 0.461 e. The summed E-state index contributed by atoms with van der Waals surface area (Å²) in [6.07, 6.45) is 3.86. The van der Waals surface area contributed by atoms with Gasteiger partial charge in [0.05, 0.1) is 5.56 Å². The molecule has 2 aliphatic rings. The maximum absolute atomic E-state index is 13.9. The van der Waals surface area contributed by atoms with Gasteiger partial charge in [-0.25, -0.2) is 4.39 Å². The molecule has 1 aliphatic carbocycles. The monoisotopic (exact) mass is 418 g/mol. The maximum atomic E-state index is 13.9. The Morgan fingerprint density at radius 2 is 1.90 bits per heavy atom. The fourth-order valence-electron chi connectivity index (χ4n) is 4.17. The van der Waals surface area contributed by atoms with E-state index in [2.05, 4.69) is 5.32 Å². The summed E-state index contributed by atoms with van der Waals surface area (Å²) in [6, 6.07) is 15.1. The molecule has 5 nitrogen and oxygen atoms in total. The second kappa shape index (κ2) is 8.02. The van der Waals surface area contributed by atoms with Crippen LogP contribution in [0, 0.1) is 11.7 Å². The van der Waals surface area contributed by atoms with Crippen molar-refractivity contribution >= 4 is 17.5 Å². The van der Waals surface area contributed by atoms with Gasteiger partial charge in [0, 0.05) is 42.2 Å². The van der Waals surface area contributed by atoms with Crippen molar-refractivity contribution in [2.45, 2.75) is 32.2 Å². The van der Waals surface area contributed by atoms with Gasteiger partial charge in [-0.05, 0) is 43.2 Å². The third-order valence-electron chi connectivity index (χ3n) is 6.16. The Bertz CT molecular complexity index is 1150. The van der Waals surface area contributed by atoms with Crippen molar-refractivity contribution < 1.29 is 18.4 Å². The number of hydrogen-bond donors (Lipinski definition) is 1. The normalized spacial score (nSPS) is 15.8. The third-order valence-corrected chi connectivity index (χ3v) is 6.16. The van der Waals surface area contributed by atoms with E-state index in [1.54, 1.807) is 24.3 Å². The zero-order valence-corrected chi connectivity index (χ0v) is 17.1. The molecule has 0 saturated heterocycles. The minimum atomic E-state index is -0.559. The molecule has 5 rings (SSSR count). The molecule has 0 bridgehead atoms. The van der Waals surface area contributed by atoms with E-state index in [1.807, 2.05) is 23.1 Å².